The zero-order valence-electron chi connectivity index (χ0n) is 12.1. The summed E-state index contributed by atoms with van der Waals surface area (Å²) in [7, 11) is 0. The Balaban J connectivity index is 1.82. The highest BCUT2D eigenvalue weighted by atomic mass is 19.4. The zero-order chi connectivity index (χ0) is 15.7. The van der Waals surface area contributed by atoms with E-state index >= 15 is 0 Å². The minimum atomic E-state index is -4.38. The van der Waals surface area contributed by atoms with Gasteiger partial charge in [-0.05, 0) is 31.7 Å². The van der Waals surface area contributed by atoms with E-state index in [9.17, 15) is 18.0 Å². The molecule has 2 aliphatic heterocycles. The number of nitrogens with zero attached hydrogens (tertiary/aromatic N) is 3. The van der Waals surface area contributed by atoms with Gasteiger partial charge in [0, 0.05) is 26.0 Å². The monoisotopic (exact) mass is 317 g/mol. The van der Waals surface area contributed by atoms with Gasteiger partial charge in [0.15, 0.2) is 0 Å². The molecule has 122 valence electrons. The number of halogens is 3. The van der Waals surface area contributed by atoms with E-state index in [4.69, 9.17) is 4.74 Å². The molecule has 2 fully saturated rings. The molecule has 5 nitrogen and oxygen atoms in total. The van der Waals surface area contributed by atoms with E-state index in [-0.39, 0.29) is 24.7 Å². The molecule has 0 bridgehead atoms. The Morgan fingerprint density at radius 2 is 2.00 bits per heavy atom. The van der Waals surface area contributed by atoms with Crippen LogP contribution in [0.4, 0.5) is 13.2 Å². The van der Waals surface area contributed by atoms with Crippen LogP contribution in [-0.4, -0.2) is 52.6 Å². The average molecular weight is 317 g/mol. The maximum Gasteiger partial charge on any atom is 0.408 e. The van der Waals surface area contributed by atoms with Crippen LogP contribution in [-0.2, 0) is 4.74 Å². The van der Waals surface area contributed by atoms with Crippen molar-refractivity contribution >= 4 is 5.91 Å². The number of ether oxygens (including phenoxy) is 1. The molecule has 1 aromatic rings. The van der Waals surface area contributed by atoms with Gasteiger partial charge in [-0.3, -0.25) is 9.48 Å². The molecule has 2 aliphatic rings. The number of aromatic nitrogens is 2. The third-order valence-corrected chi connectivity index (χ3v) is 4.32. The molecule has 2 saturated heterocycles. The van der Waals surface area contributed by atoms with Gasteiger partial charge < -0.3 is 9.64 Å². The van der Waals surface area contributed by atoms with Gasteiger partial charge >= 0.3 is 6.18 Å². The first kappa shape index (κ1) is 15.3. The van der Waals surface area contributed by atoms with Crippen LogP contribution < -0.4 is 0 Å². The summed E-state index contributed by atoms with van der Waals surface area (Å²) in [4.78, 5) is 13.5. The molecule has 22 heavy (non-hydrogen) atoms. The smallest absolute Gasteiger partial charge is 0.381 e. The molecule has 0 saturated carbocycles. The number of hydrogen-bond donors (Lipinski definition) is 0. The van der Waals surface area contributed by atoms with E-state index < -0.39 is 18.1 Å². The molecule has 1 unspecified atom stereocenters. The van der Waals surface area contributed by atoms with Gasteiger partial charge in [0.25, 0.3) is 5.91 Å². The molecule has 0 aliphatic carbocycles. The summed E-state index contributed by atoms with van der Waals surface area (Å²) in [5.41, 5.74) is 0.239. The van der Waals surface area contributed by atoms with E-state index in [1.54, 1.807) is 4.68 Å². The lowest BCUT2D eigenvalue weighted by Gasteiger charge is -2.28. The van der Waals surface area contributed by atoms with Crippen molar-refractivity contribution in [3.05, 3.63) is 18.0 Å². The molecule has 0 aromatic carbocycles. The second kappa shape index (κ2) is 5.91. The van der Waals surface area contributed by atoms with Gasteiger partial charge in [0.1, 0.15) is 11.7 Å². The van der Waals surface area contributed by atoms with E-state index in [2.05, 4.69) is 5.10 Å². The first-order chi connectivity index (χ1) is 10.5. The van der Waals surface area contributed by atoms with Crippen molar-refractivity contribution in [1.82, 2.24) is 14.7 Å². The van der Waals surface area contributed by atoms with Crippen molar-refractivity contribution in [3.63, 3.8) is 0 Å². The Labute approximate surface area is 126 Å². The molecule has 1 atom stereocenters. The van der Waals surface area contributed by atoms with Crippen molar-refractivity contribution in [2.75, 3.05) is 19.8 Å². The largest absolute Gasteiger partial charge is 0.408 e. The lowest BCUT2D eigenvalue weighted by atomic mass is 10.1. The fraction of sp³-hybridized carbons (Fsp3) is 0.714. The molecular formula is C14H18F3N3O2. The first-order valence-electron chi connectivity index (χ1n) is 7.47. The van der Waals surface area contributed by atoms with Crippen LogP contribution in [0.3, 0.4) is 0 Å². The number of carbonyl (C=O) groups is 1. The Morgan fingerprint density at radius 1 is 1.27 bits per heavy atom. The van der Waals surface area contributed by atoms with Crippen LogP contribution in [0.15, 0.2) is 12.3 Å². The predicted octanol–water partition coefficient (Wildman–Crippen LogP) is 2.40. The van der Waals surface area contributed by atoms with Gasteiger partial charge in [-0.1, -0.05) is 0 Å². The van der Waals surface area contributed by atoms with Crippen LogP contribution in [0.2, 0.25) is 0 Å². The number of amides is 1. The van der Waals surface area contributed by atoms with Crippen molar-refractivity contribution in [1.29, 1.82) is 0 Å². The molecule has 0 N–H and O–H groups in total. The average Bonchev–Trinajstić information content (AvgIpc) is 3.16. The molecule has 1 aromatic heterocycles. The van der Waals surface area contributed by atoms with Gasteiger partial charge in [-0.2, -0.15) is 18.3 Å². The minimum absolute atomic E-state index is 0.00893. The minimum Gasteiger partial charge on any atom is -0.381 e. The van der Waals surface area contributed by atoms with E-state index in [0.29, 0.717) is 32.5 Å². The number of alkyl halides is 3. The molecule has 3 heterocycles. The zero-order valence-corrected chi connectivity index (χ0v) is 12.1. The summed E-state index contributed by atoms with van der Waals surface area (Å²) >= 11 is 0. The van der Waals surface area contributed by atoms with E-state index in [0.717, 1.165) is 4.90 Å². The van der Waals surface area contributed by atoms with Gasteiger partial charge in [0.2, 0.25) is 0 Å². The number of likely N-dealkylation sites (tertiary alicyclic amines) is 1. The molecule has 1 amide bonds. The van der Waals surface area contributed by atoms with Crippen molar-refractivity contribution in [3.8, 4) is 0 Å². The number of carbonyl (C=O) groups excluding carboxylic acids is 1. The summed E-state index contributed by atoms with van der Waals surface area (Å²) in [6.45, 7) is 1.29. The summed E-state index contributed by atoms with van der Waals surface area (Å²) in [5.74, 6) is -0.580. The van der Waals surface area contributed by atoms with Crippen LogP contribution in [0.1, 0.15) is 42.2 Å². The van der Waals surface area contributed by atoms with Crippen LogP contribution >= 0.6 is 0 Å². The summed E-state index contributed by atoms with van der Waals surface area (Å²) < 4.78 is 45.9. The number of hydrogen-bond acceptors (Lipinski definition) is 3. The van der Waals surface area contributed by atoms with Gasteiger partial charge in [0.05, 0.1) is 6.04 Å². The van der Waals surface area contributed by atoms with Crippen LogP contribution in [0, 0.1) is 0 Å². The number of rotatable bonds is 2. The topological polar surface area (TPSA) is 47.4 Å². The third kappa shape index (κ3) is 2.84. The van der Waals surface area contributed by atoms with Crippen molar-refractivity contribution < 1.29 is 22.7 Å². The highest BCUT2D eigenvalue weighted by molar-refractivity contribution is 5.93. The first-order valence-corrected chi connectivity index (χ1v) is 7.47. The summed E-state index contributed by atoms with van der Waals surface area (Å²) in [5, 5.41) is 4.15. The molecular weight excluding hydrogens is 299 g/mol. The standard InChI is InChI=1S/C14H18F3N3O2/c15-14(16,17)12-2-1-7-19(12)13(21)11-3-6-18-20(11)10-4-8-22-9-5-10/h3,6,10,12H,1-2,4-5,7-9H2. The fourth-order valence-electron chi connectivity index (χ4n) is 3.20. The van der Waals surface area contributed by atoms with Gasteiger partial charge in [-0.25, -0.2) is 0 Å². The lowest BCUT2D eigenvalue weighted by molar-refractivity contribution is -0.169. The third-order valence-electron chi connectivity index (χ3n) is 4.32. The Kier molecular flexibility index (Phi) is 4.12. The maximum absolute atomic E-state index is 13.0. The van der Waals surface area contributed by atoms with Crippen LogP contribution in [0.5, 0.6) is 0 Å². The highest BCUT2D eigenvalue weighted by Gasteiger charge is 2.48. The molecule has 8 heteroatoms. The molecule has 3 rings (SSSR count). The normalized spacial score (nSPS) is 24.0. The maximum atomic E-state index is 13.0. The van der Waals surface area contributed by atoms with E-state index in [1.807, 2.05) is 0 Å². The Hall–Kier alpha value is -1.57. The second-order valence-corrected chi connectivity index (χ2v) is 5.70. The van der Waals surface area contributed by atoms with Gasteiger partial charge in [-0.15, -0.1) is 0 Å². The van der Waals surface area contributed by atoms with Crippen molar-refractivity contribution in [2.24, 2.45) is 0 Å². The SMILES string of the molecule is O=C(c1ccnn1C1CCOCC1)N1CCCC1C(F)(F)F. The summed E-state index contributed by atoms with van der Waals surface area (Å²) in [6.07, 6.45) is -1.13. The van der Waals surface area contributed by atoms with Crippen molar-refractivity contribution in [2.45, 2.75) is 43.9 Å². The Bertz CT molecular complexity index is 538. The molecule has 0 radical (unpaired) electrons. The van der Waals surface area contributed by atoms with E-state index in [1.165, 1.54) is 12.3 Å². The predicted molar refractivity (Wildman–Crippen MR) is 71.4 cm³/mol. The van der Waals surface area contributed by atoms with Crippen LogP contribution in [0.25, 0.3) is 0 Å². The Morgan fingerprint density at radius 3 is 2.68 bits per heavy atom. The molecule has 0 spiro atoms. The highest BCUT2D eigenvalue weighted by Crippen LogP contribution is 2.34. The lowest BCUT2D eigenvalue weighted by Crippen LogP contribution is -2.45. The summed E-state index contributed by atoms with van der Waals surface area (Å²) in [6, 6.07) is -0.170. The fourth-order valence-corrected chi connectivity index (χ4v) is 3.20. The second-order valence-electron chi connectivity index (χ2n) is 5.70. The quantitative estimate of drug-likeness (QED) is 0.841.